The first kappa shape index (κ1) is 12.3. The second kappa shape index (κ2) is 5.92. The fourth-order valence-electron chi connectivity index (χ4n) is 1.44. The molecule has 1 heterocycles. The Bertz CT molecular complexity index is 246. The lowest BCUT2D eigenvalue weighted by Crippen LogP contribution is -2.43. The van der Waals surface area contributed by atoms with Crippen LogP contribution in [0.5, 0.6) is 0 Å². The largest absolute Gasteiger partial charge is 0.450 e. The molecule has 1 fully saturated rings. The predicted octanol–water partition coefficient (Wildman–Crippen LogP) is 0.555. The van der Waals surface area contributed by atoms with Crippen molar-refractivity contribution in [3.63, 3.8) is 0 Å². The number of halogens is 1. The minimum atomic E-state index is -0.527. The van der Waals surface area contributed by atoms with Crippen LogP contribution < -0.4 is 5.32 Å². The molecule has 0 saturated carbocycles. The molecule has 0 aromatic heterocycles. The molecule has 1 aliphatic rings. The van der Waals surface area contributed by atoms with Gasteiger partial charge >= 0.3 is 6.09 Å². The van der Waals surface area contributed by atoms with E-state index in [4.69, 9.17) is 21.1 Å². The van der Waals surface area contributed by atoms with Crippen molar-refractivity contribution in [1.82, 2.24) is 5.32 Å². The van der Waals surface area contributed by atoms with Crippen LogP contribution in [0, 0.1) is 5.92 Å². The number of hydrogen-bond donors (Lipinski definition) is 1. The van der Waals surface area contributed by atoms with Crippen LogP contribution in [0.4, 0.5) is 4.79 Å². The van der Waals surface area contributed by atoms with Crippen molar-refractivity contribution in [2.45, 2.75) is 13.0 Å². The zero-order valence-corrected chi connectivity index (χ0v) is 9.25. The van der Waals surface area contributed by atoms with E-state index >= 15 is 0 Å². The van der Waals surface area contributed by atoms with Gasteiger partial charge in [0.2, 0.25) is 0 Å². The van der Waals surface area contributed by atoms with Crippen LogP contribution in [-0.2, 0) is 14.3 Å². The van der Waals surface area contributed by atoms with Crippen LogP contribution in [-0.4, -0.2) is 43.6 Å². The summed E-state index contributed by atoms with van der Waals surface area (Å²) in [7, 11) is 0. The Balaban J connectivity index is 2.46. The standard InChI is InChI=1S/C9H14ClNO4/c1-2-15-9(13)11-7-5-14-4-6(7)8(12)3-10/h6-7H,2-5H2,1H3,(H,11,13). The van der Waals surface area contributed by atoms with Crippen molar-refractivity contribution in [3.8, 4) is 0 Å². The maximum Gasteiger partial charge on any atom is 0.407 e. The van der Waals surface area contributed by atoms with E-state index in [9.17, 15) is 9.59 Å². The van der Waals surface area contributed by atoms with Crippen molar-refractivity contribution in [1.29, 1.82) is 0 Å². The van der Waals surface area contributed by atoms with Crippen molar-refractivity contribution < 1.29 is 19.1 Å². The number of Topliss-reactive ketones (excluding diaryl/α,β-unsaturated/α-hetero) is 1. The third-order valence-corrected chi connectivity index (χ3v) is 2.47. The van der Waals surface area contributed by atoms with Gasteiger partial charge in [-0.25, -0.2) is 4.79 Å². The van der Waals surface area contributed by atoms with E-state index in [0.29, 0.717) is 19.8 Å². The Labute approximate surface area is 93.1 Å². The summed E-state index contributed by atoms with van der Waals surface area (Å²) in [6.45, 7) is 2.65. The van der Waals surface area contributed by atoms with E-state index in [0.717, 1.165) is 0 Å². The fourth-order valence-corrected chi connectivity index (χ4v) is 1.64. The van der Waals surface area contributed by atoms with Gasteiger partial charge in [0.1, 0.15) is 0 Å². The summed E-state index contributed by atoms with van der Waals surface area (Å²) < 4.78 is 9.84. The molecule has 0 spiro atoms. The molecule has 86 valence electrons. The highest BCUT2D eigenvalue weighted by atomic mass is 35.5. The lowest BCUT2D eigenvalue weighted by atomic mass is 10.00. The van der Waals surface area contributed by atoms with E-state index in [2.05, 4.69) is 5.32 Å². The number of alkyl carbamates (subject to hydrolysis) is 1. The Hall–Kier alpha value is -0.810. The number of alkyl halides is 1. The highest BCUT2D eigenvalue weighted by molar-refractivity contribution is 6.28. The normalized spacial score (nSPS) is 24.9. The molecule has 1 N–H and O–H groups in total. The van der Waals surface area contributed by atoms with Gasteiger partial charge in [0.25, 0.3) is 0 Å². The number of rotatable bonds is 4. The van der Waals surface area contributed by atoms with E-state index in [-0.39, 0.29) is 23.6 Å². The average Bonchev–Trinajstić information content (AvgIpc) is 2.65. The number of carbonyl (C=O) groups is 2. The number of nitrogens with one attached hydrogen (secondary N) is 1. The maximum atomic E-state index is 11.4. The zero-order valence-electron chi connectivity index (χ0n) is 8.49. The predicted molar refractivity (Wildman–Crippen MR) is 54.0 cm³/mol. The molecule has 0 radical (unpaired) electrons. The Kier molecular flexibility index (Phi) is 4.84. The van der Waals surface area contributed by atoms with Gasteiger partial charge in [-0.2, -0.15) is 0 Å². The van der Waals surface area contributed by atoms with E-state index in [1.165, 1.54) is 0 Å². The first-order valence-electron chi connectivity index (χ1n) is 4.78. The minimum absolute atomic E-state index is 0.0605. The van der Waals surface area contributed by atoms with Crippen molar-refractivity contribution in [2.75, 3.05) is 25.7 Å². The highest BCUT2D eigenvalue weighted by Crippen LogP contribution is 2.15. The first-order valence-corrected chi connectivity index (χ1v) is 5.32. The topological polar surface area (TPSA) is 64.6 Å². The fraction of sp³-hybridized carbons (Fsp3) is 0.778. The average molecular weight is 236 g/mol. The maximum absolute atomic E-state index is 11.4. The van der Waals surface area contributed by atoms with Gasteiger partial charge in [-0.15, -0.1) is 11.6 Å². The molecular formula is C9H14ClNO4. The lowest BCUT2D eigenvalue weighted by Gasteiger charge is -2.16. The summed E-state index contributed by atoms with van der Waals surface area (Å²) >= 11 is 5.45. The molecule has 0 bridgehead atoms. The number of ketones is 1. The summed E-state index contributed by atoms with van der Waals surface area (Å²) in [6.07, 6.45) is -0.527. The van der Waals surface area contributed by atoms with Crippen LogP contribution in [0.15, 0.2) is 0 Å². The van der Waals surface area contributed by atoms with Crippen LogP contribution in [0.2, 0.25) is 0 Å². The third kappa shape index (κ3) is 3.35. The van der Waals surface area contributed by atoms with E-state index in [1.807, 2.05) is 0 Å². The molecule has 0 aliphatic carbocycles. The van der Waals surface area contributed by atoms with Gasteiger partial charge in [0, 0.05) is 0 Å². The Morgan fingerprint density at radius 3 is 2.87 bits per heavy atom. The van der Waals surface area contributed by atoms with Gasteiger partial charge < -0.3 is 14.8 Å². The SMILES string of the molecule is CCOC(=O)NC1COCC1C(=O)CCl. The number of ether oxygens (including phenoxy) is 2. The molecule has 0 aromatic rings. The quantitative estimate of drug-likeness (QED) is 0.723. The molecule has 0 aromatic carbocycles. The summed E-state index contributed by atoms with van der Waals surface area (Å²) in [5, 5.41) is 2.58. The van der Waals surface area contributed by atoms with E-state index < -0.39 is 6.09 Å². The monoisotopic (exact) mass is 235 g/mol. The molecule has 1 rings (SSSR count). The van der Waals surface area contributed by atoms with Gasteiger partial charge in [-0.3, -0.25) is 4.79 Å². The third-order valence-electron chi connectivity index (χ3n) is 2.20. The molecule has 1 saturated heterocycles. The molecule has 1 amide bonds. The van der Waals surface area contributed by atoms with Gasteiger partial charge in [-0.1, -0.05) is 0 Å². The van der Waals surface area contributed by atoms with Crippen LogP contribution in [0.25, 0.3) is 0 Å². The van der Waals surface area contributed by atoms with Crippen LogP contribution >= 0.6 is 11.6 Å². The van der Waals surface area contributed by atoms with Crippen molar-refractivity contribution in [3.05, 3.63) is 0 Å². The summed E-state index contributed by atoms with van der Waals surface area (Å²) in [6, 6.07) is -0.324. The lowest BCUT2D eigenvalue weighted by molar-refractivity contribution is -0.120. The summed E-state index contributed by atoms with van der Waals surface area (Å²) in [4.78, 5) is 22.5. The molecule has 5 nitrogen and oxygen atoms in total. The molecule has 2 atom stereocenters. The smallest absolute Gasteiger partial charge is 0.407 e. The second-order valence-corrected chi connectivity index (χ2v) is 3.48. The molecule has 2 unspecified atom stereocenters. The highest BCUT2D eigenvalue weighted by Gasteiger charge is 2.34. The van der Waals surface area contributed by atoms with E-state index in [1.54, 1.807) is 6.92 Å². The molecule has 15 heavy (non-hydrogen) atoms. The van der Waals surface area contributed by atoms with Crippen LogP contribution in [0.1, 0.15) is 6.92 Å². The Morgan fingerprint density at radius 2 is 2.27 bits per heavy atom. The minimum Gasteiger partial charge on any atom is -0.450 e. The first-order chi connectivity index (χ1) is 7.19. The Morgan fingerprint density at radius 1 is 1.53 bits per heavy atom. The molecule has 6 heteroatoms. The summed E-state index contributed by atoms with van der Waals surface area (Å²) in [5.74, 6) is -0.530. The molecule has 1 aliphatic heterocycles. The number of carbonyl (C=O) groups excluding carboxylic acids is 2. The van der Waals surface area contributed by atoms with Gasteiger partial charge in [-0.05, 0) is 6.92 Å². The van der Waals surface area contributed by atoms with Crippen molar-refractivity contribution >= 4 is 23.5 Å². The molecular weight excluding hydrogens is 222 g/mol. The van der Waals surface area contributed by atoms with Crippen LogP contribution in [0.3, 0.4) is 0 Å². The summed E-state index contributed by atoms with van der Waals surface area (Å²) in [5.41, 5.74) is 0. The number of hydrogen-bond acceptors (Lipinski definition) is 4. The second-order valence-electron chi connectivity index (χ2n) is 3.22. The van der Waals surface area contributed by atoms with Gasteiger partial charge in [0.15, 0.2) is 5.78 Å². The van der Waals surface area contributed by atoms with Crippen molar-refractivity contribution in [2.24, 2.45) is 5.92 Å². The number of amides is 1. The zero-order chi connectivity index (χ0) is 11.3. The van der Waals surface area contributed by atoms with Gasteiger partial charge in [0.05, 0.1) is 37.7 Å².